The first kappa shape index (κ1) is 18.7. The van der Waals surface area contributed by atoms with Crippen molar-refractivity contribution in [2.45, 2.75) is 6.92 Å². The lowest BCUT2D eigenvalue weighted by Gasteiger charge is -2.04. The third-order valence-electron chi connectivity index (χ3n) is 3.47. The van der Waals surface area contributed by atoms with Gasteiger partial charge in [-0.2, -0.15) is 10.1 Å². The van der Waals surface area contributed by atoms with Crippen LogP contribution in [0.5, 0.6) is 0 Å². The molecule has 27 heavy (non-hydrogen) atoms. The van der Waals surface area contributed by atoms with Gasteiger partial charge in [0.2, 0.25) is 0 Å². The predicted octanol–water partition coefficient (Wildman–Crippen LogP) is 4.40. The van der Waals surface area contributed by atoms with Crippen LogP contribution in [0.1, 0.15) is 16.9 Å². The third kappa shape index (κ3) is 4.57. The number of amides is 1. The first-order chi connectivity index (χ1) is 12.9. The van der Waals surface area contributed by atoms with Gasteiger partial charge in [-0.3, -0.25) is 14.9 Å². The predicted molar refractivity (Wildman–Crippen MR) is 109 cm³/mol. The Kier molecular flexibility index (Phi) is 5.63. The number of nitrogens with zero attached hydrogens (tertiary/aromatic N) is 3. The van der Waals surface area contributed by atoms with E-state index in [-0.39, 0.29) is 11.8 Å². The van der Waals surface area contributed by atoms with Gasteiger partial charge in [-0.1, -0.05) is 41.6 Å². The fraction of sp³-hybridized carbons (Fsp3) is 0.0556. The molecule has 3 rings (SSSR count). The van der Waals surface area contributed by atoms with E-state index in [9.17, 15) is 14.9 Å². The van der Waals surface area contributed by atoms with Crippen LogP contribution in [-0.2, 0) is 4.79 Å². The molecule has 136 valence electrons. The zero-order chi connectivity index (χ0) is 19.4. The molecule has 2 heterocycles. The average molecular weight is 399 g/mol. The zero-order valence-corrected chi connectivity index (χ0v) is 15.7. The number of thioether (sulfide) groups is 1. The number of aryl methyl sites for hydroxylation is 1. The van der Waals surface area contributed by atoms with E-state index in [0.29, 0.717) is 15.0 Å². The minimum absolute atomic E-state index is 0.302. The van der Waals surface area contributed by atoms with E-state index in [1.54, 1.807) is 6.08 Å². The SMILES string of the molecule is Cc1ccc(/C=C2/SC(=S)N(/N=C/C=C/c3ccc([N+](=O)[O-])o3)C2=O)cc1. The van der Waals surface area contributed by atoms with Gasteiger partial charge in [-0.25, -0.2) is 0 Å². The Balaban J connectivity index is 1.67. The molecule has 0 spiro atoms. The molecule has 0 radical (unpaired) electrons. The molecular weight excluding hydrogens is 386 g/mol. The van der Waals surface area contributed by atoms with Crippen molar-refractivity contribution in [2.75, 3.05) is 0 Å². The number of carbonyl (C=O) groups excluding carboxylic acids is 1. The Hall–Kier alpha value is -3.04. The molecule has 7 nitrogen and oxygen atoms in total. The molecule has 0 N–H and O–H groups in total. The molecule has 1 saturated heterocycles. The molecule has 0 bridgehead atoms. The van der Waals surface area contributed by atoms with Gasteiger partial charge in [0.25, 0.3) is 5.91 Å². The van der Waals surface area contributed by atoms with Crippen LogP contribution in [0.4, 0.5) is 5.88 Å². The van der Waals surface area contributed by atoms with Gasteiger partial charge in [-0.05, 0) is 49.0 Å². The van der Waals surface area contributed by atoms with Crippen LogP contribution in [0.2, 0.25) is 0 Å². The molecule has 0 unspecified atom stereocenters. The molecule has 1 amide bonds. The molecule has 1 aromatic carbocycles. The molecular formula is C18H13N3O4S2. The molecule has 0 aliphatic carbocycles. The average Bonchev–Trinajstić information content (AvgIpc) is 3.20. The van der Waals surface area contributed by atoms with Crippen LogP contribution < -0.4 is 0 Å². The van der Waals surface area contributed by atoms with Gasteiger partial charge < -0.3 is 4.42 Å². The normalized spacial score (nSPS) is 16.3. The molecule has 1 aromatic heterocycles. The van der Waals surface area contributed by atoms with E-state index in [1.807, 2.05) is 31.2 Å². The van der Waals surface area contributed by atoms with Crippen molar-refractivity contribution in [3.05, 3.63) is 74.4 Å². The molecule has 2 aromatic rings. The highest BCUT2D eigenvalue weighted by molar-refractivity contribution is 8.26. The van der Waals surface area contributed by atoms with Crippen LogP contribution in [0.25, 0.3) is 12.2 Å². The summed E-state index contributed by atoms with van der Waals surface area (Å²) < 4.78 is 5.31. The Morgan fingerprint density at radius 1 is 1.26 bits per heavy atom. The summed E-state index contributed by atoms with van der Waals surface area (Å²) in [5, 5.41) is 15.7. The van der Waals surface area contributed by atoms with Crippen LogP contribution >= 0.6 is 24.0 Å². The van der Waals surface area contributed by atoms with Crippen LogP contribution in [0.3, 0.4) is 0 Å². The summed E-state index contributed by atoms with van der Waals surface area (Å²) in [4.78, 5) is 22.9. The monoisotopic (exact) mass is 399 g/mol. The summed E-state index contributed by atoms with van der Waals surface area (Å²) in [6.07, 6.45) is 6.14. The fourth-order valence-electron chi connectivity index (χ4n) is 2.15. The largest absolute Gasteiger partial charge is 0.433 e. The minimum Gasteiger partial charge on any atom is -0.401 e. The van der Waals surface area contributed by atoms with Gasteiger partial charge >= 0.3 is 5.88 Å². The fourth-order valence-corrected chi connectivity index (χ4v) is 3.32. The van der Waals surface area contributed by atoms with Crippen molar-refractivity contribution >= 4 is 58.5 Å². The number of benzene rings is 1. The van der Waals surface area contributed by atoms with E-state index in [4.69, 9.17) is 16.6 Å². The maximum Gasteiger partial charge on any atom is 0.433 e. The second-order valence-corrected chi connectivity index (χ2v) is 7.14. The molecule has 1 aliphatic heterocycles. The summed E-state index contributed by atoms with van der Waals surface area (Å²) >= 11 is 6.38. The smallest absolute Gasteiger partial charge is 0.401 e. The quantitative estimate of drug-likeness (QED) is 0.243. The number of hydrazone groups is 1. The Bertz CT molecular complexity index is 990. The Morgan fingerprint density at radius 2 is 2.00 bits per heavy atom. The topological polar surface area (TPSA) is 88.9 Å². The Morgan fingerprint density at radius 3 is 2.67 bits per heavy atom. The zero-order valence-electron chi connectivity index (χ0n) is 14.1. The Labute approximate surface area is 164 Å². The maximum absolute atomic E-state index is 12.4. The number of carbonyl (C=O) groups is 1. The molecule has 1 aliphatic rings. The number of furan rings is 1. The summed E-state index contributed by atoms with van der Waals surface area (Å²) in [5.74, 6) is -0.341. The number of nitro groups is 1. The van der Waals surface area contributed by atoms with Crippen LogP contribution in [0.15, 0.2) is 56.9 Å². The number of allylic oxidation sites excluding steroid dienone is 1. The number of hydrogen-bond acceptors (Lipinski definition) is 7. The van der Waals surface area contributed by atoms with E-state index < -0.39 is 4.92 Å². The summed E-state index contributed by atoms with van der Waals surface area (Å²) in [6, 6.07) is 10.5. The maximum atomic E-state index is 12.4. The molecule has 1 fully saturated rings. The van der Waals surface area contributed by atoms with Crippen molar-refractivity contribution in [1.29, 1.82) is 0 Å². The van der Waals surface area contributed by atoms with Gasteiger partial charge in [0.15, 0.2) is 4.32 Å². The number of rotatable bonds is 5. The number of hydrogen-bond donors (Lipinski definition) is 0. The first-order valence-electron chi connectivity index (χ1n) is 7.73. The van der Waals surface area contributed by atoms with Gasteiger partial charge in [0, 0.05) is 6.21 Å². The van der Waals surface area contributed by atoms with Crippen molar-refractivity contribution in [3.63, 3.8) is 0 Å². The molecule has 0 saturated carbocycles. The van der Waals surface area contributed by atoms with Crippen molar-refractivity contribution in [1.82, 2.24) is 5.01 Å². The highest BCUT2D eigenvalue weighted by Gasteiger charge is 2.31. The van der Waals surface area contributed by atoms with Gasteiger partial charge in [0.1, 0.15) is 10.7 Å². The van der Waals surface area contributed by atoms with E-state index in [1.165, 1.54) is 42.3 Å². The summed E-state index contributed by atoms with van der Waals surface area (Å²) in [6.45, 7) is 1.99. The standard InChI is InChI=1S/C18H13N3O4S2/c1-12-4-6-13(7-5-12)11-15-17(22)20(18(26)27-15)19-10-2-3-14-8-9-16(25-14)21(23)24/h2-11H,1H3/b3-2+,15-11+,19-10+. The highest BCUT2D eigenvalue weighted by atomic mass is 32.2. The van der Waals surface area contributed by atoms with Crippen LogP contribution in [-0.4, -0.2) is 26.4 Å². The van der Waals surface area contributed by atoms with Crippen molar-refractivity contribution in [3.8, 4) is 0 Å². The van der Waals surface area contributed by atoms with Gasteiger partial charge in [-0.15, -0.1) is 0 Å². The van der Waals surface area contributed by atoms with E-state index in [0.717, 1.165) is 16.1 Å². The number of thiocarbonyl (C=S) groups is 1. The first-order valence-corrected chi connectivity index (χ1v) is 8.96. The second kappa shape index (κ2) is 8.11. The third-order valence-corrected chi connectivity index (χ3v) is 4.75. The summed E-state index contributed by atoms with van der Waals surface area (Å²) in [7, 11) is 0. The van der Waals surface area contributed by atoms with Crippen LogP contribution in [0, 0.1) is 17.0 Å². The van der Waals surface area contributed by atoms with Gasteiger partial charge in [0.05, 0.1) is 11.0 Å². The summed E-state index contributed by atoms with van der Waals surface area (Å²) in [5.41, 5.74) is 2.04. The molecule has 9 heteroatoms. The highest BCUT2D eigenvalue weighted by Crippen LogP contribution is 2.32. The lowest BCUT2D eigenvalue weighted by molar-refractivity contribution is -0.402. The lowest BCUT2D eigenvalue weighted by atomic mass is 10.1. The minimum atomic E-state index is -0.619. The van der Waals surface area contributed by atoms with Crippen molar-refractivity contribution in [2.24, 2.45) is 5.10 Å². The van der Waals surface area contributed by atoms with E-state index >= 15 is 0 Å². The van der Waals surface area contributed by atoms with E-state index in [2.05, 4.69) is 5.10 Å². The lowest BCUT2D eigenvalue weighted by Crippen LogP contribution is -2.21. The molecule has 0 atom stereocenters. The second-order valence-electron chi connectivity index (χ2n) is 5.46. The van der Waals surface area contributed by atoms with Crippen molar-refractivity contribution < 1.29 is 14.1 Å².